The molecule has 0 heterocycles. The number of amides is 1. The van der Waals surface area contributed by atoms with Crippen molar-refractivity contribution in [1.29, 1.82) is 0 Å². The number of carbonyl (C=O) groups is 1. The molecule has 1 aliphatic carbocycles. The van der Waals surface area contributed by atoms with Gasteiger partial charge in [0.2, 0.25) is 5.91 Å². The van der Waals surface area contributed by atoms with Crippen LogP contribution in [0.5, 0.6) is 0 Å². The molecule has 0 spiro atoms. The van der Waals surface area contributed by atoms with E-state index in [0.717, 1.165) is 0 Å². The Kier molecular flexibility index (Phi) is 4.20. The maximum absolute atomic E-state index is 11.9. The number of hydrogen-bond donors (Lipinski definition) is 2. The summed E-state index contributed by atoms with van der Waals surface area (Å²) in [6, 6.07) is 0.252. The zero-order valence-corrected chi connectivity index (χ0v) is 11.7. The summed E-state index contributed by atoms with van der Waals surface area (Å²) in [5.74, 6) is 0.0394. The SMILES string of the molecule is CCOC(CN)CC(=O)NC1C(C)(C)C1(C)C. The van der Waals surface area contributed by atoms with Gasteiger partial charge in [0.1, 0.15) is 0 Å². The summed E-state index contributed by atoms with van der Waals surface area (Å²) in [4.78, 5) is 11.9. The third-order valence-corrected chi connectivity index (χ3v) is 4.40. The average Bonchev–Trinajstić information content (AvgIpc) is 2.60. The van der Waals surface area contributed by atoms with Crippen molar-refractivity contribution in [2.45, 2.75) is 53.2 Å². The zero-order valence-electron chi connectivity index (χ0n) is 11.7. The second kappa shape index (κ2) is 4.94. The van der Waals surface area contributed by atoms with E-state index in [0.29, 0.717) is 19.6 Å². The molecule has 1 rings (SSSR count). The molecule has 0 saturated heterocycles. The molecule has 0 bridgehead atoms. The lowest BCUT2D eigenvalue weighted by Gasteiger charge is -2.15. The van der Waals surface area contributed by atoms with Crippen LogP contribution in [0.2, 0.25) is 0 Å². The molecule has 1 amide bonds. The van der Waals surface area contributed by atoms with Gasteiger partial charge in [-0.15, -0.1) is 0 Å². The Balaban J connectivity index is 2.41. The van der Waals surface area contributed by atoms with E-state index in [-0.39, 0.29) is 28.9 Å². The number of ether oxygens (including phenoxy) is 1. The van der Waals surface area contributed by atoms with Gasteiger partial charge in [-0.1, -0.05) is 27.7 Å². The quantitative estimate of drug-likeness (QED) is 0.737. The third kappa shape index (κ3) is 2.80. The van der Waals surface area contributed by atoms with E-state index >= 15 is 0 Å². The first-order chi connectivity index (χ1) is 7.77. The highest BCUT2D eigenvalue weighted by atomic mass is 16.5. The van der Waals surface area contributed by atoms with Crippen LogP contribution in [0.1, 0.15) is 41.0 Å². The molecule has 1 saturated carbocycles. The Morgan fingerprint density at radius 2 is 1.88 bits per heavy atom. The van der Waals surface area contributed by atoms with Crippen molar-refractivity contribution in [2.75, 3.05) is 13.2 Å². The molecule has 4 heteroatoms. The van der Waals surface area contributed by atoms with Crippen molar-refractivity contribution in [3.8, 4) is 0 Å². The molecule has 17 heavy (non-hydrogen) atoms. The largest absolute Gasteiger partial charge is 0.377 e. The molecule has 1 unspecified atom stereocenters. The summed E-state index contributed by atoms with van der Waals surface area (Å²) in [5.41, 5.74) is 5.90. The number of rotatable bonds is 6. The fourth-order valence-electron chi connectivity index (χ4n) is 2.43. The summed E-state index contributed by atoms with van der Waals surface area (Å²) >= 11 is 0. The monoisotopic (exact) mass is 242 g/mol. The normalized spacial score (nSPS) is 23.2. The van der Waals surface area contributed by atoms with Crippen LogP contribution in [0.4, 0.5) is 0 Å². The van der Waals surface area contributed by atoms with E-state index in [1.807, 2.05) is 6.92 Å². The highest BCUT2D eigenvalue weighted by Crippen LogP contribution is 2.62. The van der Waals surface area contributed by atoms with Crippen LogP contribution in [-0.4, -0.2) is 31.2 Å². The van der Waals surface area contributed by atoms with Gasteiger partial charge in [-0.25, -0.2) is 0 Å². The molecule has 0 aromatic rings. The molecule has 1 aliphatic rings. The minimum atomic E-state index is -0.162. The summed E-state index contributed by atoms with van der Waals surface area (Å²) in [7, 11) is 0. The zero-order chi connectivity index (χ0) is 13.3. The minimum absolute atomic E-state index is 0.0394. The average molecular weight is 242 g/mol. The van der Waals surface area contributed by atoms with Crippen molar-refractivity contribution >= 4 is 5.91 Å². The van der Waals surface area contributed by atoms with Gasteiger partial charge >= 0.3 is 0 Å². The van der Waals surface area contributed by atoms with Crippen LogP contribution < -0.4 is 11.1 Å². The van der Waals surface area contributed by atoms with Crippen LogP contribution in [-0.2, 0) is 9.53 Å². The van der Waals surface area contributed by atoms with Gasteiger partial charge in [0.25, 0.3) is 0 Å². The maximum Gasteiger partial charge on any atom is 0.222 e. The second-order valence-electron chi connectivity index (χ2n) is 5.96. The van der Waals surface area contributed by atoms with E-state index in [9.17, 15) is 4.79 Å². The standard InChI is InChI=1S/C13H26N2O2/c1-6-17-9(8-14)7-10(16)15-11-12(2,3)13(11,4)5/h9,11H,6-8,14H2,1-5H3,(H,15,16). The Morgan fingerprint density at radius 3 is 2.24 bits per heavy atom. The van der Waals surface area contributed by atoms with Gasteiger partial charge in [0.05, 0.1) is 12.5 Å². The van der Waals surface area contributed by atoms with Crippen molar-refractivity contribution < 1.29 is 9.53 Å². The van der Waals surface area contributed by atoms with E-state index in [2.05, 4.69) is 33.0 Å². The first kappa shape index (κ1) is 14.5. The van der Waals surface area contributed by atoms with Crippen molar-refractivity contribution in [3.05, 3.63) is 0 Å². The molecule has 0 aromatic carbocycles. The van der Waals surface area contributed by atoms with Gasteiger partial charge < -0.3 is 15.8 Å². The van der Waals surface area contributed by atoms with Gasteiger partial charge in [0, 0.05) is 19.2 Å². The second-order valence-corrected chi connectivity index (χ2v) is 5.96. The predicted molar refractivity (Wildman–Crippen MR) is 68.6 cm³/mol. The first-order valence-electron chi connectivity index (χ1n) is 6.38. The van der Waals surface area contributed by atoms with Crippen molar-refractivity contribution in [1.82, 2.24) is 5.32 Å². The lowest BCUT2D eigenvalue weighted by atomic mass is 10.0. The highest BCUT2D eigenvalue weighted by molar-refractivity contribution is 5.77. The van der Waals surface area contributed by atoms with Gasteiger partial charge in [-0.3, -0.25) is 4.79 Å². The Labute approximate surface area is 104 Å². The van der Waals surface area contributed by atoms with E-state index in [4.69, 9.17) is 10.5 Å². The molecule has 1 atom stereocenters. The summed E-state index contributed by atoms with van der Waals surface area (Å²) in [6.07, 6.45) is 0.192. The van der Waals surface area contributed by atoms with Crippen LogP contribution in [0.25, 0.3) is 0 Å². The fraction of sp³-hybridized carbons (Fsp3) is 0.923. The smallest absolute Gasteiger partial charge is 0.222 e. The minimum Gasteiger partial charge on any atom is -0.377 e. The molecule has 0 aliphatic heterocycles. The van der Waals surface area contributed by atoms with Gasteiger partial charge in [-0.2, -0.15) is 0 Å². The number of carbonyl (C=O) groups excluding carboxylic acids is 1. The molecule has 1 fully saturated rings. The van der Waals surface area contributed by atoms with Crippen molar-refractivity contribution in [2.24, 2.45) is 16.6 Å². The maximum atomic E-state index is 11.9. The fourth-order valence-corrected chi connectivity index (χ4v) is 2.43. The molecule has 4 nitrogen and oxygen atoms in total. The first-order valence-corrected chi connectivity index (χ1v) is 6.38. The van der Waals surface area contributed by atoms with Gasteiger partial charge in [0.15, 0.2) is 0 Å². The molecule has 0 aromatic heterocycles. The molecular formula is C13H26N2O2. The Morgan fingerprint density at radius 1 is 1.35 bits per heavy atom. The lowest BCUT2D eigenvalue weighted by molar-refractivity contribution is -0.124. The van der Waals surface area contributed by atoms with Gasteiger partial charge in [-0.05, 0) is 17.8 Å². The Bertz CT molecular complexity index is 273. The lowest BCUT2D eigenvalue weighted by Crippen LogP contribution is -2.35. The Hall–Kier alpha value is -0.610. The highest BCUT2D eigenvalue weighted by Gasteiger charge is 2.65. The molecule has 3 N–H and O–H groups in total. The molecule has 0 radical (unpaired) electrons. The number of nitrogens with one attached hydrogen (secondary N) is 1. The summed E-state index contributed by atoms with van der Waals surface area (Å²) < 4.78 is 5.38. The third-order valence-electron chi connectivity index (χ3n) is 4.40. The van der Waals surface area contributed by atoms with E-state index in [1.165, 1.54) is 0 Å². The summed E-state index contributed by atoms with van der Waals surface area (Å²) in [5, 5.41) is 3.08. The number of hydrogen-bond acceptors (Lipinski definition) is 3. The number of nitrogens with two attached hydrogens (primary N) is 1. The van der Waals surface area contributed by atoms with E-state index in [1.54, 1.807) is 0 Å². The molecular weight excluding hydrogens is 216 g/mol. The topological polar surface area (TPSA) is 64.3 Å². The predicted octanol–water partition coefficient (Wildman–Crippen LogP) is 1.29. The van der Waals surface area contributed by atoms with E-state index < -0.39 is 0 Å². The van der Waals surface area contributed by atoms with Crippen LogP contribution in [0, 0.1) is 10.8 Å². The summed E-state index contributed by atoms with van der Waals surface area (Å²) in [6.45, 7) is 11.6. The van der Waals surface area contributed by atoms with Crippen LogP contribution in [0.3, 0.4) is 0 Å². The van der Waals surface area contributed by atoms with Crippen LogP contribution in [0.15, 0.2) is 0 Å². The van der Waals surface area contributed by atoms with Crippen molar-refractivity contribution in [3.63, 3.8) is 0 Å². The molecule has 100 valence electrons. The van der Waals surface area contributed by atoms with Crippen LogP contribution >= 0.6 is 0 Å².